The fourth-order valence-corrected chi connectivity index (χ4v) is 4.96. The van der Waals surface area contributed by atoms with Gasteiger partial charge in [0.05, 0.1) is 17.9 Å². The van der Waals surface area contributed by atoms with Gasteiger partial charge in [0, 0.05) is 50.7 Å². The molecule has 2 fully saturated rings. The Morgan fingerprint density at radius 3 is 2.56 bits per heavy atom. The molecule has 2 aromatic heterocycles. The number of aryl methyl sites for hydroxylation is 1. The second kappa shape index (κ2) is 10.9. The number of alkyl halides is 3. The summed E-state index contributed by atoms with van der Waals surface area (Å²) in [5, 5.41) is 5.46. The van der Waals surface area contributed by atoms with E-state index in [9.17, 15) is 22.8 Å². The maximum absolute atomic E-state index is 13.6. The first-order valence-corrected chi connectivity index (χ1v) is 12.7. The van der Waals surface area contributed by atoms with Crippen molar-refractivity contribution in [1.82, 2.24) is 25.1 Å². The van der Waals surface area contributed by atoms with Gasteiger partial charge in [-0.1, -0.05) is 6.07 Å². The number of carbonyl (C=O) groups excluding carboxylic acids is 1. The van der Waals surface area contributed by atoms with Crippen molar-refractivity contribution in [3.05, 3.63) is 69.9 Å². The predicted octanol–water partition coefficient (Wildman–Crippen LogP) is 2.90. The number of hydrogen-bond acceptors (Lipinski definition) is 8. The van der Waals surface area contributed by atoms with Crippen LogP contribution in [-0.4, -0.2) is 76.3 Å². The average Bonchev–Trinajstić information content (AvgIpc) is 3.40. The van der Waals surface area contributed by atoms with Crippen LogP contribution in [0.15, 0.2) is 47.7 Å². The molecule has 1 atom stereocenters. The Morgan fingerprint density at radius 1 is 1.10 bits per heavy atom. The lowest BCUT2D eigenvalue weighted by Gasteiger charge is -2.34. The Hall–Kier alpha value is -4.16. The lowest BCUT2D eigenvalue weighted by atomic mass is 10.1. The molecule has 4 heterocycles. The second-order valence-corrected chi connectivity index (χ2v) is 9.63. The van der Waals surface area contributed by atoms with Gasteiger partial charge in [-0.15, -0.1) is 0 Å². The molecule has 0 spiro atoms. The van der Waals surface area contributed by atoms with E-state index in [0.29, 0.717) is 62.8 Å². The summed E-state index contributed by atoms with van der Waals surface area (Å²) in [4.78, 5) is 39.1. The summed E-state index contributed by atoms with van der Waals surface area (Å²) in [7, 11) is 0. The number of nitrogens with one attached hydrogen (secondary N) is 1. The Labute approximate surface area is 222 Å². The number of aromatic amines is 1. The van der Waals surface area contributed by atoms with Crippen LogP contribution in [0.25, 0.3) is 0 Å². The van der Waals surface area contributed by atoms with Crippen molar-refractivity contribution in [2.75, 3.05) is 49.1 Å². The molecule has 1 N–H and O–H groups in total. The summed E-state index contributed by atoms with van der Waals surface area (Å²) in [6.07, 6.45) is 0.997. The van der Waals surface area contributed by atoms with Gasteiger partial charge in [-0.05, 0) is 43.5 Å². The molecule has 5 rings (SSSR count). The third kappa shape index (κ3) is 5.81. The van der Waals surface area contributed by atoms with Gasteiger partial charge in [-0.3, -0.25) is 9.59 Å². The van der Waals surface area contributed by atoms with Gasteiger partial charge in [0.1, 0.15) is 17.9 Å². The Bertz CT molecular complexity index is 1370. The molecule has 1 amide bonds. The molecular weight excluding hydrogens is 515 g/mol. The minimum atomic E-state index is -4.81. The van der Waals surface area contributed by atoms with Crippen LogP contribution in [0.5, 0.6) is 5.75 Å². The van der Waals surface area contributed by atoms with Crippen LogP contribution in [0.2, 0.25) is 0 Å². The lowest BCUT2D eigenvalue weighted by molar-refractivity contribution is -0.138. The second-order valence-electron chi connectivity index (χ2n) is 9.63. The minimum Gasteiger partial charge on any atom is -0.491 e. The molecule has 206 valence electrons. The number of H-pyrrole nitrogens is 1. The molecule has 10 nitrogen and oxygen atoms in total. The number of aromatic nitrogens is 4. The summed E-state index contributed by atoms with van der Waals surface area (Å²) in [6, 6.07) is 6.40. The highest BCUT2D eigenvalue weighted by atomic mass is 19.4. The molecule has 1 unspecified atom stereocenters. The Balaban J connectivity index is 1.22. The summed E-state index contributed by atoms with van der Waals surface area (Å²) >= 11 is 0. The van der Waals surface area contributed by atoms with Gasteiger partial charge in [0.25, 0.3) is 11.5 Å². The van der Waals surface area contributed by atoms with E-state index in [1.165, 1.54) is 4.90 Å². The SMILES string of the molecule is Cc1cnc(N2CCN(C(=O)c3cccc(OCC4CCCN4c4cn[nH]c(=O)c4C(F)(F)F)c3)CC2)nc1. The van der Waals surface area contributed by atoms with E-state index in [1.807, 2.05) is 16.9 Å². The van der Waals surface area contributed by atoms with Gasteiger partial charge >= 0.3 is 6.18 Å². The number of rotatable bonds is 6. The van der Waals surface area contributed by atoms with E-state index in [4.69, 9.17) is 4.74 Å². The number of hydrogen-bond donors (Lipinski definition) is 1. The molecule has 0 bridgehead atoms. The van der Waals surface area contributed by atoms with E-state index in [2.05, 4.69) is 15.1 Å². The topological polar surface area (TPSA) is 108 Å². The van der Waals surface area contributed by atoms with Crippen LogP contribution < -0.4 is 20.1 Å². The minimum absolute atomic E-state index is 0.0942. The van der Waals surface area contributed by atoms with Crippen molar-refractivity contribution in [2.24, 2.45) is 0 Å². The van der Waals surface area contributed by atoms with Crippen molar-refractivity contribution in [1.29, 1.82) is 0 Å². The first kappa shape index (κ1) is 26.4. The molecule has 2 aliphatic rings. The van der Waals surface area contributed by atoms with E-state index >= 15 is 0 Å². The maximum atomic E-state index is 13.6. The van der Waals surface area contributed by atoms with Crippen LogP contribution >= 0.6 is 0 Å². The highest BCUT2D eigenvalue weighted by Gasteiger charge is 2.40. The number of piperazine rings is 1. The maximum Gasteiger partial charge on any atom is 0.423 e. The van der Waals surface area contributed by atoms with E-state index in [1.54, 1.807) is 41.6 Å². The molecule has 39 heavy (non-hydrogen) atoms. The van der Waals surface area contributed by atoms with Gasteiger partial charge in [-0.2, -0.15) is 18.3 Å². The first-order valence-electron chi connectivity index (χ1n) is 12.7. The van der Waals surface area contributed by atoms with Crippen molar-refractivity contribution in [3.8, 4) is 5.75 Å². The molecular formula is C26H28F3N7O3. The van der Waals surface area contributed by atoms with E-state index in [0.717, 1.165) is 11.8 Å². The standard InChI is InChI=1S/C26H28F3N7O3/c1-17-13-30-25(31-14-17)35-10-8-34(9-11-35)24(38)18-4-2-6-20(12-18)39-16-19-5-3-7-36(19)21-15-32-33-23(37)22(21)26(27,28)29/h2,4,6,12-15,19H,3,5,7-11,16H2,1H3,(H,33,37). The number of amides is 1. The molecule has 3 aromatic rings. The predicted molar refractivity (Wildman–Crippen MR) is 137 cm³/mol. The first-order chi connectivity index (χ1) is 18.7. The van der Waals surface area contributed by atoms with Crippen LogP contribution in [0.4, 0.5) is 24.8 Å². The third-order valence-corrected chi connectivity index (χ3v) is 6.95. The number of nitrogens with zero attached hydrogens (tertiary/aromatic N) is 6. The van der Waals surface area contributed by atoms with Gasteiger partial charge in [-0.25, -0.2) is 15.1 Å². The van der Waals surface area contributed by atoms with Crippen molar-refractivity contribution < 1.29 is 22.7 Å². The molecule has 13 heteroatoms. The smallest absolute Gasteiger partial charge is 0.423 e. The van der Waals surface area contributed by atoms with Crippen molar-refractivity contribution in [3.63, 3.8) is 0 Å². The van der Waals surface area contributed by atoms with E-state index < -0.39 is 17.3 Å². The Morgan fingerprint density at radius 2 is 1.85 bits per heavy atom. The largest absolute Gasteiger partial charge is 0.491 e. The fraction of sp³-hybridized carbons (Fsp3) is 0.423. The fourth-order valence-electron chi connectivity index (χ4n) is 4.96. The average molecular weight is 544 g/mol. The molecule has 2 aliphatic heterocycles. The summed E-state index contributed by atoms with van der Waals surface area (Å²) < 4.78 is 46.7. The number of benzene rings is 1. The highest BCUT2D eigenvalue weighted by Crippen LogP contribution is 2.36. The number of ether oxygens (including phenoxy) is 1. The molecule has 0 aliphatic carbocycles. The monoisotopic (exact) mass is 543 g/mol. The summed E-state index contributed by atoms with van der Waals surface area (Å²) in [5.41, 5.74) is -1.34. The normalized spacial score (nSPS) is 17.9. The summed E-state index contributed by atoms with van der Waals surface area (Å²) in [5.74, 6) is 0.957. The highest BCUT2D eigenvalue weighted by molar-refractivity contribution is 5.94. The lowest BCUT2D eigenvalue weighted by Crippen LogP contribution is -2.49. The van der Waals surface area contributed by atoms with Gasteiger partial charge in [0.2, 0.25) is 5.95 Å². The van der Waals surface area contributed by atoms with Crippen LogP contribution in [0.1, 0.15) is 34.3 Å². The zero-order chi connectivity index (χ0) is 27.6. The van der Waals surface area contributed by atoms with Gasteiger partial charge in [0.15, 0.2) is 0 Å². The number of halogens is 3. The van der Waals surface area contributed by atoms with Crippen LogP contribution in [0, 0.1) is 6.92 Å². The van der Waals surface area contributed by atoms with Crippen molar-refractivity contribution >= 4 is 17.5 Å². The molecule has 2 saturated heterocycles. The zero-order valence-electron chi connectivity index (χ0n) is 21.3. The van der Waals surface area contributed by atoms with Crippen LogP contribution in [-0.2, 0) is 6.18 Å². The Kier molecular flexibility index (Phi) is 7.40. The molecule has 1 aromatic carbocycles. The summed E-state index contributed by atoms with van der Waals surface area (Å²) in [6.45, 7) is 4.62. The molecule has 0 saturated carbocycles. The third-order valence-electron chi connectivity index (χ3n) is 6.95. The number of carbonyl (C=O) groups is 1. The quantitative estimate of drug-likeness (QED) is 0.506. The van der Waals surface area contributed by atoms with E-state index in [-0.39, 0.29) is 24.2 Å². The van der Waals surface area contributed by atoms with Crippen molar-refractivity contribution in [2.45, 2.75) is 32.0 Å². The zero-order valence-corrected chi connectivity index (χ0v) is 21.3. The van der Waals surface area contributed by atoms with Gasteiger partial charge < -0.3 is 19.4 Å². The number of anilines is 2. The molecule has 0 radical (unpaired) electrons. The van der Waals surface area contributed by atoms with Crippen LogP contribution in [0.3, 0.4) is 0 Å².